The number of nitrogens with one attached hydrogen (secondary N) is 2. The van der Waals surface area contributed by atoms with E-state index in [0.717, 1.165) is 19.5 Å². The largest absolute Gasteiger partial charge is 0.356 e. The second-order valence-electron chi connectivity index (χ2n) is 3.56. The maximum Gasteiger partial charge on any atom is 0.271 e. The van der Waals surface area contributed by atoms with Gasteiger partial charge in [-0.2, -0.15) is 0 Å². The fourth-order valence-corrected chi connectivity index (χ4v) is 1.62. The molecule has 90 valence electrons. The van der Waals surface area contributed by atoms with Gasteiger partial charge in [0.1, 0.15) is 0 Å². The number of hydrogen-bond donors (Lipinski definition) is 2. The Labute approximate surface area is 103 Å². The highest BCUT2D eigenvalue weighted by molar-refractivity contribution is 6.33. The standard InChI is InChI=1S/C10H11ClN4O2/c11-8-3-2-7(15(16)17)6-9(8)14-10-12-4-1-5-13-10/h2-3,6H,1,4-5H2,(H2,12,13,14). The summed E-state index contributed by atoms with van der Waals surface area (Å²) in [7, 11) is 0. The predicted octanol–water partition coefficient (Wildman–Crippen LogP) is 1.82. The van der Waals surface area contributed by atoms with E-state index in [4.69, 9.17) is 11.6 Å². The molecular formula is C10H11ClN4O2. The molecule has 1 aliphatic rings. The molecule has 0 bridgehead atoms. The second kappa shape index (κ2) is 5.01. The molecule has 17 heavy (non-hydrogen) atoms. The number of guanidine groups is 1. The van der Waals surface area contributed by atoms with Crippen LogP contribution in [0.25, 0.3) is 0 Å². The van der Waals surface area contributed by atoms with Crippen molar-refractivity contribution in [3.05, 3.63) is 33.3 Å². The van der Waals surface area contributed by atoms with Gasteiger partial charge in [0, 0.05) is 25.2 Å². The highest BCUT2D eigenvalue weighted by atomic mass is 35.5. The van der Waals surface area contributed by atoms with Crippen molar-refractivity contribution >= 4 is 28.9 Å². The Balaban J connectivity index is 2.30. The second-order valence-corrected chi connectivity index (χ2v) is 3.97. The third-order valence-corrected chi connectivity index (χ3v) is 2.63. The maximum absolute atomic E-state index is 10.6. The molecule has 0 atom stereocenters. The molecule has 0 aliphatic carbocycles. The van der Waals surface area contributed by atoms with Gasteiger partial charge in [0.2, 0.25) is 0 Å². The number of halogens is 1. The van der Waals surface area contributed by atoms with Crippen LogP contribution in [0.4, 0.5) is 11.4 Å². The molecule has 0 radical (unpaired) electrons. The van der Waals surface area contributed by atoms with E-state index >= 15 is 0 Å². The third kappa shape index (κ3) is 2.85. The third-order valence-electron chi connectivity index (χ3n) is 2.31. The molecule has 0 aromatic heterocycles. The van der Waals surface area contributed by atoms with Crippen molar-refractivity contribution in [1.29, 1.82) is 0 Å². The smallest absolute Gasteiger partial charge is 0.271 e. The van der Waals surface area contributed by atoms with E-state index in [9.17, 15) is 10.1 Å². The summed E-state index contributed by atoms with van der Waals surface area (Å²) in [6.07, 6.45) is 1.02. The van der Waals surface area contributed by atoms with Crippen molar-refractivity contribution in [2.45, 2.75) is 6.42 Å². The fourth-order valence-electron chi connectivity index (χ4n) is 1.46. The van der Waals surface area contributed by atoms with Gasteiger partial charge in [-0.1, -0.05) is 11.6 Å². The topological polar surface area (TPSA) is 79.6 Å². The average Bonchev–Trinajstić information content (AvgIpc) is 2.33. The van der Waals surface area contributed by atoms with E-state index in [1.54, 1.807) is 0 Å². The number of benzene rings is 1. The summed E-state index contributed by atoms with van der Waals surface area (Å²) >= 11 is 5.93. The van der Waals surface area contributed by atoms with Gasteiger partial charge in [0.25, 0.3) is 5.69 Å². The lowest BCUT2D eigenvalue weighted by atomic mass is 10.3. The Morgan fingerprint density at radius 1 is 1.35 bits per heavy atom. The molecule has 0 amide bonds. The summed E-state index contributed by atoms with van der Waals surface area (Å²) in [5.74, 6) is 0.596. The SMILES string of the molecule is O=[N+]([O-])c1ccc(Cl)c(N=C2NCCCN2)c1. The zero-order valence-electron chi connectivity index (χ0n) is 8.94. The van der Waals surface area contributed by atoms with Crippen LogP contribution in [-0.4, -0.2) is 24.0 Å². The molecule has 0 spiro atoms. The Bertz CT molecular complexity index is 467. The van der Waals surface area contributed by atoms with E-state index < -0.39 is 4.92 Å². The van der Waals surface area contributed by atoms with Crippen LogP contribution in [0.15, 0.2) is 23.2 Å². The van der Waals surface area contributed by atoms with Crippen LogP contribution < -0.4 is 10.6 Å². The quantitative estimate of drug-likeness (QED) is 0.623. The van der Waals surface area contributed by atoms with Gasteiger partial charge in [-0.05, 0) is 12.5 Å². The minimum atomic E-state index is -0.470. The van der Waals surface area contributed by atoms with Crippen LogP contribution in [0.2, 0.25) is 5.02 Å². The first-order valence-electron chi connectivity index (χ1n) is 5.17. The summed E-state index contributed by atoms with van der Waals surface area (Å²) in [5, 5.41) is 17.1. The first kappa shape index (κ1) is 11.7. The lowest BCUT2D eigenvalue weighted by molar-refractivity contribution is -0.384. The molecule has 1 heterocycles. The number of nitro benzene ring substituents is 1. The molecule has 0 saturated carbocycles. The Morgan fingerprint density at radius 2 is 2.06 bits per heavy atom. The molecule has 1 aromatic rings. The molecule has 1 aromatic carbocycles. The van der Waals surface area contributed by atoms with E-state index in [2.05, 4.69) is 15.6 Å². The number of aliphatic imine (C=N–C) groups is 1. The monoisotopic (exact) mass is 254 g/mol. The number of hydrogen-bond acceptors (Lipinski definition) is 3. The number of nitrogens with zero attached hydrogens (tertiary/aromatic N) is 2. The van der Waals surface area contributed by atoms with Crippen molar-refractivity contribution < 1.29 is 4.92 Å². The minimum Gasteiger partial charge on any atom is -0.356 e. The zero-order valence-corrected chi connectivity index (χ0v) is 9.70. The van der Waals surface area contributed by atoms with Crippen LogP contribution in [0.1, 0.15) is 6.42 Å². The maximum atomic E-state index is 10.6. The van der Waals surface area contributed by atoms with Gasteiger partial charge < -0.3 is 10.6 Å². The summed E-state index contributed by atoms with van der Waals surface area (Å²) in [5.41, 5.74) is 0.363. The Hall–Kier alpha value is -1.82. The first-order chi connectivity index (χ1) is 8.16. The van der Waals surface area contributed by atoms with Gasteiger partial charge in [0.15, 0.2) is 5.96 Å². The van der Waals surface area contributed by atoms with Gasteiger partial charge in [-0.25, -0.2) is 4.99 Å². The zero-order chi connectivity index (χ0) is 12.3. The number of non-ortho nitro benzene ring substituents is 1. The van der Waals surface area contributed by atoms with Crippen LogP contribution in [0.3, 0.4) is 0 Å². The molecule has 0 unspecified atom stereocenters. The Morgan fingerprint density at radius 3 is 2.71 bits per heavy atom. The van der Waals surface area contributed by atoms with E-state index in [-0.39, 0.29) is 5.69 Å². The fraction of sp³-hybridized carbons (Fsp3) is 0.300. The van der Waals surface area contributed by atoms with Gasteiger partial charge >= 0.3 is 0 Å². The van der Waals surface area contributed by atoms with E-state index in [0.29, 0.717) is 16.7 Å². The van der Waals surface area contributed by atoms with Crippen molar-refractivity contribution in [2.24, 2.45) is 4.99 Å². The molecule has 2 N–H and O–H groups in total. The highest BCUT2D eigenvalue weighted by Crippen LogP contribution is 2.29. The predicted molar refractivity (Wildman–Crippen MR) is 65.8 cm³/mol. The van der Waals surface area contributed by atoms with Crippen molar-refractivity contribution in [2.75, 3.05) is 13.1 Å². The normalized spacial score (nSPS) is 14.8. The molecule has 1 aliphatic heterocycles. The van der Waals surface area contributed by atoms with Gasteiger partial charge in [-0.3, -0.25) is 10.1 Å². The van der Waals surface area contributed by atoms with E-state index in [1.165, 1.54) is 18.2 Å². The van der Waals surface area contributed by atoms with Crippen LogP contribution in [-0.2, 0) is 0 Å². The van der Waals surface area contributed by atoms with Gasteiger partial charge in [-0.15, -0.1) is 0 Å². The van der Waals surface area contributed by atoms with Crippen molar-refractivity contribution in [3.63, 3.8) is 0 Å². The Kier molecular flexibility index (Phi) is 3.43. The van der Waals surface area contributed by atoms with Crippen LogP contribution in [0, 0.1) is 10.1 Å². The van der Waals surface area contributed by atoms with Gasteiger partial charge in [0.05, 0.1) is 15.6 Å². The molecule has 2 rings (SSSR count). The molecule has 7 heteroatoms. The summed E-state index contributed by atoms with van der Waals surface area (Å²) < 4.78 is 0. The summed E-state index contributed by atoms with van der Waals surface area (Å²) in [6.45, 7) is 1.66. The molecule has 6 nitrogen and oxygen atoms in total. The van der Waals surface area contributed by atoms with E-state index in [1.807, 2.05) is 0 Å². The van der Waals surface area contributed by atoms with Crippen LogP contribution in [0.5, 0.6) is 0 Å². The van der Waals surface area contributed by atoms with Crippen LogP contribution >= 0.6 is 11.6 Å². The summed E-state index contributed by atoms with van der Waals surface area (Å²) in [4.78, 5) is 14.4. The highest BCUT2D eigenvalue weighted by Gasteiger charge is 2.11. The lowest BCUT2D eigenvalue weighted by Crippen LogP contribution is -2.43. The number of rotatable bonds is 2. The average molecular weight is 255 g/mol. The number of nitro groups is 1. The summed E-state index contributed by atoms with van der Waals surface area (Å²) in [6, 6.07) is 4.18. The molecular weight excluding hydrogens is 244 g/mol. The lowest BCUT2D eigenvalue weighted by Gasteiger charge is -2.17. The minimum absolute atomic E-state index is 0.0236. The van der Waals surface area contributed by atoms with Crippen molar-refractivity contribution in [1.82, 2.24) is 10.6 Å². The van der Waals surface area contributed by atoms with Crippen molar-refractivity contribution in [3.8, 4) is 0 Å². The first-order valence-corrected chi connectivity index (χ1v) is 5.55. The molecule has 1 fully saturated rings. The molecule has 1 saturated heterocycles.